The number of hydrogen-bond acceptors (Lipinski definition) is 4. The molecule has 1 atom stereocenters. The number of rotatable bonds is 7. The Labute approximate surface area is 297 Å². The summed E-state index contributed by atoms with van der Waals surface area (Å²) in [6.45, 7) is 0. The van der Waals surface area contributed by atoms with Crippen molar-refractivity contribution in [1.82, 2.24) is 4.90 Å². The van der Waals surface area contributed by atoms with Crippen molar-refractivity contribution in [3.05, 3.63) is 227 Å². The van der Waals surface area contributed by atoms with Crippen molar-refractivity contribution in [2.75, 3.05) is 7.05 Å². The van der Waals surface area contributed by atoms with Gasteiger partial charge in [0.1, 0.15) is 23.2 Å². The molecule has 244 valence electrons. The minimum Gasteiger partial charge on any atom is -0.456 e. The lowest BCUT2D eigenvalue weighted by Crippen LogP contribution is -2.36. The van der Waals surface area contributed by atoms with Crippen LogP contribution in [-0.4, -0.2) is 23.6 Å². The van der Waals surface area contributed by atoms with Crippen LogP contribution in [0.4, 0.5) is 0 Å². The maximum absolute atomic E-state index is 6.76. The fraction of sp³-hybridized carbons (Fsp3) is 0.0638. The average Bonchev–Trinajstić information content (AvgIpc) is 3.59. The Bertz CT molecular complexity index is 2430. The van der Waals surface area contributed by atoms with Crippen LogP contribution in [0.3, 0.4) is 0 Å². The number of nitrogens with zero attached hydrogens (tertiary/aromatic N) is 3. The van der Waals surface area contributed by atoms with Gasteiger partial charge in [-0.3, -0.25) is 0 Å². The summed E-state index contributed by atoms with van der Waals surface area (Å²) in [6, 6.07) is 66.0. The third-order valence-corrected chi connectivity index (χ3v) is 10.1. The summed E-state index contributed by atoms with van der Waals surface area (Å²) in [6.07, 6.45) is -0.284. The first-order valence-electron chi connectivity index (χ1n) is 17.3. The topological polar surface area (TPSA) is 41.1 Å². The van der Waals surface area contributed by atoms with E-state index in [0.717, 1.165) is 66.7 Å². The van der Waals surface area contributed by atoms with E-state index in [4.69, 9.17) is 14.4 Å². The molecule has 51 heavy (non-hydrogen) atoms. The maximum atomic E-state index is 6.76. The predicted octanol–water partition coefficient (Wildman–Crippen LogP) is 10.8. The number of hydrogen-bond donors (Lipinski definition) is 0. The summed E-state index contributed by atoms with van der Waals surface area (Å²) in [5.41, 5.74) is 8.55. The second-order valence-corrected chi connectivity index (χ2v) is 13.0. The van der Waals surface area contributed by atoms with Gasteiger partial charge in [-0.2, -0.15) is 0 Å². The fourth-order valence-electron chi connectivity index (χ4n) is 7.75. The molecule has 8 aromatic rings. The number of amidine groups is 2. The monoisotopic (exact) mass is 657 g/mol. The number of benzene rings is 7. The van der Waals surface area contributed by atoms with Crippen molar-refractivity contribution in [2.24, 2.45) is 9.98 Å². The zero-order chi connectivity index (χ0) is 34.2. The Kier molecular flexibility index (Phi) is 7.63. The van der Waals surface area contributed by atoms with Gasteiger partial charge in [-0.25, -0.2) is 9.98 Å². The molecule has 0 radical (unpaired) electrons. The number of fused-ring (bicyclic) bond motifs is 3. The van der Waals surface area contributed by atoms with Crippen LogP contribution in [0.2, 0.25) is 0 Å². The summed E-state index contributed by atoms with van der Waals surface area (Å²) >= 11 is 0. The number of aliphatic imine (C=N–C) groups is 2. The van der Waals surface area contributed by atoms with E-state index in [0.29, 0.717) is 5.84 Å². The van der Waals surface area contributed by atoms with E-state index in [2.05, 4.69) is 176 Å². The Balaban J connectivity index is 1.41. The summed E-state index contributed by atoms with van der Waals surface area (Å²) in [7, 11) is 2.08. The minimum atomic E-state index is -0.678. The molecule has 0 aliphatic carbocycles. The van der Waals surface area contributed by atoms with E-state index in [-0.39, 0.29) is 6.17 Å². The molecule has 1 aliphatic heterocycles. The normalized spacial score (nSPS) is 14.8. The van der Waals surface area contributed by atoms with Gasteiger partial charge in [-0.05, 0) is 46.0 Å². The largest absolute Gasteiger partial charge is 0.456 e. The van der Waals surface area contributed by atoms with Crippen molar-refractivity contribution < 1.29 is 4.42 Å². The molecule has 0 saturated heterocycles. The summed E-state index contributed by atoms with van der Waals surface area (Å²) in [5.74, 6) is 1.53. The highest BCUT2D eigenvalue weighted by atomic mass is 16.3. The van der Waals surface area contributed by atoms with Crippen molar-refractivity contribution in [1.29, 1.82) is 0 Å². The number of furan rings is 1. The van der Waals surface area contributed by atoms with Crippen LogP contribution >= 0.6 is 0 Å². The summed E-state index contributed by atoms with van der Waals surface area (Å²) in [4.78, 5) is 13.0. The minimum absolute atomic E-state index is 0.284. The van der Waals surface area contributed by atoms with E-state index in [1.165, 1.54) is 0 Å². The third-order valence-electron chi connectivity index (χ3n) is 10.1. The van der Waals surface area contributed by atoms with E-state index in [1.54, 1.807) is 0 Å². The molecule has 1 aromatic heterocycles. The smallest absolute Gasteiger partial charge is 0.160 e. The van der Waals surface area contributed by atoms with E-state index in [9.17, 15) is 0 Å². The first kappa shape index (κ1) is 30.5. The third kappa shape index (κ3) is 5.15. The van der Waals surface area contributed by atoms with Crippen molar-refractivity contribution in [3.8, 4) is 0 Å². The van der Waals surface area contributed by atoms with Crippen LogP contribution in [0.15, 0.2) is 202 Å². The Hall–Kier alpha value is -6.52. The quantitative estimate of drug-likeness (QED) is 0.160. The van der Waals surface area contributed by atoms with Crippen LogP contribution in [0.1, 0.15) is 45.1 Å². The molecular weight excluding hydrogens is 623 g/mol. The zero-order valence-electron chi connectivity index (χ0n) is 28.2. The van der Waals surface area contributed by atoms with Gasteiger partial charge in [0.25, 0.3) is 0 Å². The molecule has 0 spiro atoms. The second kappa shape index (κ2) is 12.7. The van der Waals surface area contributed by atoms with Gasteiger partial charge in [0.15, 0.2) is 5.84 Å². The molecule has 0 N–H and O–H groups in total. The van der Waals surface area contributed by atoms with Crippen molar-refractivity contribution in [3.63, 3.8) is 0 Å². The van der Waals surface area contributed by atoms with Crippen LogP contribution in [0.25, 0.3) is 21.9 Å². The predicted molar refractivity (Wildman–Crippen MR) is 208 cm³/mol. The van der Waals surface area contributed by atoms with Gasteiger partial charge in [0.2, 0.25) is 0 Å². The van der Waals surface area contributed by atoms with E-state index >= 15 is 0 Å². The molecule has 9 rings (SSSR count). The van der Waals surface area contributed by atoms with Crippen LogP contribution in [-0.2, 0) is 5.41 Å². The van der Waals surface area contributed by atoms with Crippen molar-refractivity contribution >= 4 is 33.6 Å². The van der Waals surface area contributed by atoms with Gasteiger partial charge in [-0.1, -0.05) is 170 Å². The van der Waals surface area contributed by atoms with Gasteiger partial charge in [-0.15, -0.1) is 0 Å². The molecule has 2 heterocycles. The summed E-state index contributed by atoms with van der Waals surface area (Å²) in [5, 5.41) is 2.04. The Morgan fingerprint density at radius 2 is 1.04 bits per heavy atom. The molecule has 0 bridgehead atoms. The average molecular weight is 658 g/mol. The SMILES string of the molecule is CN1C(c2ccccc2)=NC(c2cc(C(c3ccccc3)(c3ccccc3)c3ccccc3)cc3oc4ccccc4c23)=NC1c1ccccc1. The van der Waals surface area contributed by atoms with E-state index < -0.39 is 5.41 Å². The van der Waals surface area contributed by atoms with Gasteiger partial charge >= 0.3 is 0 Å². The van der Waals surface area contributed by atoms with E-state index in [1.807, 2.05) is 24.3 Å². The lowest BCUT2D eigenvalue weighted by molar-refractivity contribution is 0.383. The highest BCUT2D eigenvalue weighted by molar-refractivity contribution is 6.22. The van der Waals surface area contributed by atoms with Gasteiger partial charge in [0.05, 0.1) is 5.41 Å². The fourth-order valence-corrected chi connectivity index (χ4v) is 7.75. The molecule has 1 aliphatic rings. The van der Waals surface area contributed by atoms with Crippen molar-refractivity contribution in [2.45, 2.75) is 11.6 Å². The second-order valence-electron chi connectivity index (χ2n) is 13.0. The first-order valence-corrected chi connectivity index (χ1v) is 17.3. The first-order chi connectivity index (χ1) is 25.2. The highest BCUT2D eigenvalue weighted by Gasteiger charge is 2.40. The molecule has 7 aromatic carbocycles. The zero-order valence-corrected chi connectivity index (χ0v) is 28.2. The standard InChI is InChI=1S/C47H35N3O/c1-50-45(33-19-7-2-8-20-33)48-44(49-46(50)34-21-9-3-10-22-34)40-31-38(32-42-43(40)39-29-17-18-30-41(39)51-42)47(35-23-11-4-12-24-35,36-25-13-5-14-26-36)37-27-15-6-16-28-37/h2-32,45H,1H3. The number of para-hydroxylation sites is 1. The summed E-state index contributed by atoms with van der Waals surface area (Å²) < 4.78 is 6.76. The van der Waals surface area contributed by atoms with Crippen LogP contribution < -0.4 is 0 Å². The molecular formula is C47H35N3O. The molecule has 4 heteroatoms. The maximum Gasteiger partial charge on any atom is 0.160 e. The Morgan fingerprint density at radius 1 is 0.529 bits per heavy atom. The van der Waals surface area contributed by atoms with Crippen LogP contribution in [0.5, 0.6) is 0 Å². The molecule has 0 saturated carbocycles. The highest BCUT2D eigenvalue weighted by Crippen LogP contribution is 2.47. The molecule has 1 unspecified atom stereocenters. The van der Waals surface area contributed by atoms with Crippen LogP contribution in [0, 0.1) is 0 Å². The molecule has 4 nitrogen and oxygen atoms in total. The van der Waals surface area contributed by atoms with Gasteiger partial charge < -0.3 is 9.32 Å². The molecule has 0 fully saturated rings. The lowest BCUT2D eigenvalue weighted by Gasteiger charge is -2.37. The molecule has 0 amide bonds. The Morgan fingerprint density at radius 3 is 1.63 bits per heavy atom. The lowest BCUT2D eigenvalue weighted by atomic mass is 9.65. The van der Waals surface area contributed by atoms with Gasteiger partial charge in [0, 0.05) is 28.9 Å².